The molecular weight excluding hydrogens is 390 g/mol. The van der Waals surface area contributed by atoms with E-state index in [1.54, 1.807) is 5.48 Å². The van der Waals surface area contributed by atoms with Crippen LogP contribution in [0.15, 0.2) is 54.6 Å². The van der Waals surface area contributed by atoms with Crippen LogP contribution >= 0.6 is 0 Å². The van der Waals surface area contributed by atoms with Crippen molar-refractivity contribution in [2.75, 3.05) is 0 Å². The zero-order valence-corrected chi connectivity index (χ0v) is 17.6. The molecule has 1 saturated carbocycles. The predicted molar refractivity (Wildman–Crippen MR) is 119 cm³/mol. The Balaban J connectivity index is 1.48. The highest BCUT2D eigenvalue weighted by Gasteiger charge is 2.34. The molecule has 0 aliphatic heterocycles. The second kappa shape index (κ2) is 9.27. The van der Waals surface area contributed by atoms with Crippen LogP contribution in [0, 0.1) is 5.92 Å². The largest absolute Gasteiger partial charge is 0.349 e. The first kappa shape index (κ1) is 21.0. The van der Waals surface area contributed by atoms with Crippen LogP contribution in [0.5, 0.6) is 0 Å². The van der Waals surface area contributed by atoms with E-state index in [4.69, 9.17) is 10.2 Å². The number of pyridine rings is 1. The van der Waals surface area contributed by atoms with E-state index in [2.05, 4.69) is 24.4 Å². The smallest absolute Gasteiger partial charge is 0.251 e. The van der Waals surface area contributed by atoms with Gasteiger partial charge in [0.1, 0.15) is 0 Å². The number of amides is 2. The topological polar surface area (TPSA) is 91.3 Å². The van der Waals surface area contributed by atoms with Gasteiger partial charge < -0.3 is 5.32 Å². The Kier molecular flexibility index (Phi) is 6.28. The molecule has 31 heavy (non-hydrogen) atoms. The van der Waals surface area contributed by atoms with Gasteiger partial charge in [-0.3, -0.25) is 19.8 Å². The number of para-hydroxylation sites is 1. The van der Waals surface area contributed by atoms with Crippen molar-refractivity contribution in [3.8, 4) is 0 Å². The van der Waals surface area contributed by atoms with Crippen LogP contribution in [0.4, 0.5) is 0 Å². The monoisotopic (exact) mass is 417 g/mol. The highest BCUT2D eigenvalue weighted by atomic mass is 16.5. The molecule has 1 aliphatic rings. The highest BCUT2D eigenvalue weighted by Crippen LogP contribution is 2.26. The molecule has 4 rings (SSSR count). The Labute approximate surface area is 181 Å². The van der Waals surface area contributed by atoms with E-state index in [1.165, 1.54) is 5.56 Å². The van der Waals surface area contributed by atoms with Crippen LogP contribution in [0.1, 0.15) is 53.4 Å². The second-order valence-corrected chi connectivity index (χ2v) is 8.11. The number of carbonyl (C=O) groups is 2. The van der Waals surface area contributed by atoms with Gasteiger partial charge in [0.15, 0.2) is 0 Å². The number of hydrogen-bond donors (Lipinski definition) is 3. The van der Waals surface area contributed by atoms with E-state index in [0.717, 1.165) is 47.8 Å². The fourth-order valence-electron chi connectivity index (χ4n) is 4.41. The zero-order chi connectivity index (χ0) is 21.8. The lowest BCUT2D eigenvalue weighted by atomic mass is 9.98. The van der Waals surface area contributed by atoms with Gasteiger partial charge in [-0.1, -0.05) is 43.7 Å². The minimum Gasteiger partial charge on any atom is -0.349 e. The van der Waals surface area contributed by atoms with Crippen LogP contribution < -0.4 is 10.8 Å². The highest BCUT2D eigenvalue weighted by molar-refractivity contribution is 5.95. The number of aryl methyl sites for hydroxylation is 1. The molecule has 1 heterocycles. The number of hydroxylamine groups is 1. The molecule has 0 bridgehead atoms. The Morgan fingerprint density at radius 2 is 1.87 bits per heavy atom. The summed E-state index contributed by atoms with van der Waals surface area (Å²) >= 11 is 0. The summed E-state index contributed by atoms with van der Waals surface area (Å²) in [5, 5.41) is 13.0. The lowest BCUT2D eigenvalue weighted by Crippen LogP contribution is -2.43. The van der Waals surface area contributed by atoms with Crippen molar-refractivity contribution in [1.82, 2.24) is 15.8 Å². The average molecular weight is 418 g/mol. The maximum Gasteiger partial charge on any atom is 0.251 e. The van der Waals surface area contributed by atoms with Gasteiger partial charge in [0.25, 0.3) is 5.91 Å². The third-order valence-electron chi connectivity index (χ3n) is 6.11. The summed E-state index contributed by atoms with van der Waals surface area (Å²) in [6, 6.07) is 17.7. The summed E-state index contributed by atoms with van der Waals surface area (Å²) in [5.74, 6) is -1.02. The minimum atomic E-state index is -0.436. The fraction of sp³-hybridized carbons (Fsp3) is 0.320. The second-order valence-electron chi connectivity index (χ2n) is 8.11. The van der Waals surface area contributed by atoms with E-state index >= 15 is 0 Å². The number of fused-ring (bicyclic) bond motifs is 1. The van der Waals surface area contributed by atoms with Crippen molar-refractivity contribution >= 4 is 22.7 Å². The third-order valence-corrected chi connectivity index (χ3v) is 6.11. The molecular formula is C25H27N3O3. The van der Waals surface area contributed by atoms with Gasteiger partial charge in [-0.05, 0) is 61.1 Å². The van der Waals surface area contributed by atoms with Gasteiger partial charge in [0.2, 0.25) is 5.91 Å². The van der Waals surface area contributed by atoms with Crippen molar-refractivity contribution in [1.29, 1.82) is 0 Å². The molecule has 160 valence electrons. The first-order chi connectivity index (χ1) is 15.1. The first-order valence-electron chi connectivity index (χ1n) is 10.8. The van der Waals surface area contributed by atoms with E-state index in [-0.39, 0.29) is 17.9 Å². The summed E-state index contributed by atoms with van der Waals surface area (Å²) in [4.78, 5) is 29.2. The molecule has 0 saturated heterocycles. The molecule has 1 aliphatic carbocycles. The third kappa shape index (κ3) is 4.59. The normalized spacial score (nSPS) is 18.1. The van der Waals surface area contributed by atoms with Crippen LogP contribution in [-0.2, 0) is 17.6 Å². The Hall–Kier alpha value is -3.25. The number of carbonyl (C=O) groups excluding carboxylic acids is 2. The number of benzene rings is 2. The van der Waals surface area contributed by atoms with E-state index in [1.807, 2.05) is 42.5 Å². The summed E-state index contributed by atoms with van der Waals surface area (Å²) in [6.45, 7) is 2.10. The molecule has 3 aromatic rings. The number of nitrogens with one attached hydrogen (secondary N) is 2. The maximum absolute atomic E-state index is 12.7. The van der Waals surface area contributed by atoms with Gasteiger partial charge >= 0.3 is 0 Å². The average Bonchev–Trinajstić information content (AvgIpc) is 3.27. The van der Waals surface area contributed by atoms with Gasteiger partial charge in [0.05, 0.1) is 11.4 Å². The molecule has 2 atom stereocenters. The van der Waals surface area contributed by atoms with Crippen molar-refractivity contribution < 1.29 is 14.8 Å². The first-order valence-corrected chi connectivity index (χ1v) is 10.8. The quantitative estimate of drug-likeness (QED) is 0.420. The lowest BCUT2D eigenvalue weighted by Gasteiger charge is -2.19. The van der Waals surface area contributed by atoms with Gasteiger partial charge in [-0.15, -0.1) is 0 Å². The van der Waals surface area contributed by atoms with E-state index in [0.29, 0.717) is 12.0 Å². The summed E-state index contributed by atoms with van der Waals surface area (Å²) < 4.78 is 0. The molecule has 6 heteroatoms. The van der Waals surface area contributed by atoms with Crippen molar-refractivity contribution in [2.24, 2.45) is 5.92 Å². The molecule has 0 spiro atoms. The fourth-order valence-corrected chi connectivity index (χ4v) is 4.41. The summed E-state index contributed by atoms with van der Waals surface area (Å²) in [6.07, 6.45) is 3.89. The number of nitrogens with zero attached hydrogens (tertiary/aromatic N) is 1. The molecule has 1 fully saturated rings. The van der Waals surface area contributed by atoms with E-state index in [9.17, 15) is 9.59 Å². The zero-order valence-electron chi connectivity index (χ0n) is 17.6. The van der Waals surface area contributed by atoms with Crippen LogP contribution in [0.2, 0.25) is 0 Å². The predicted octanol–water partition coefficient (Wildman–Crippen LogP) is 3.79. The van der Waals surface area contributed by atoms with Crippen molar-refractivity contribution in [3.63, 3.8) is 0 Å². The molecule has 2 aromatic carbocycles. The lowest BCUT2D eigenvalue weighted by molar-refractivity contribution is -0.133. The van der Waals surface area contributed by atoms with Crippen LogP contribution in [0.25, 0.3) is 10.9 Å². The van der Waals surface area contributed by atoms with Gasteiger partial charge in [0, 0.05) is 22.7 Å². The number of rotatable bonds is 6. The van der Waals surface area contributed by atoms with Crippen molar-refractivity contribution in [2.45, 2.75) is 45.1 Å². The molecule has 6 nitrogen and oxygen atoms in total. The maximum atomic E-state index is 12.7. The van der Waals surface area contributed by atoms with E-state index < -0.39 is 5.91 Å². The summed E-state index contributed by atoms with van der Waals surface area (Å²) in [7, 11) is 0. The molecule has 0 unspecified atom stereocenters. The SMILES string of the molecule is CCc1cc(Cc2ccc(C(=O)N[C@H]3CCC[C@H]3C(=O)NO)cc2)c2ccccc2n1. The van der Waals surface area contributed by atoms with Crippen molar-refractivity contribution in [3.05, 3.63) is 77.0 Å². The van der Waals surface area contributed by atoms with Crippen LogP contribution in [0.3, 0.4) is 0 Å². The number of hydrogen-bond acceptors (Lipinski definition) is 4. The van der Waals surface area contributed by atoms with Crippen LogP contribution in [-0.4, -0.2) is 28.0 Å². The Bertz CT molecular complexity index is 1090. The number of aromatic nitrogens is 1. The van der Waals surface area contributed by atoms with Gasteiger partial charge in [-0.25, -0.2) is 5.48 Å². The van der Waals surface area contributed by atoms with Gasteiger partial charge in [-0.2, -0.15) is 0 Å². The minimum absolute atomic E-state index is 0.197. The standard InChI is InChI=1S/C25H27N3O3/c1-2-19-15-18(20-6-3-4-8-22(20)26-19)14-16-10-12-17(13-11-16)24(29)27-23-9-5-7-21(23)25(30)28-31/h3-4,6,8,10-13,15,21,23,31H,2,5,7,9,14H2,1H3,(H,27,29)(H,28,30)/t21-,23+/m1/s1. The molecule has 0 radical (unpaired) electrons. The molecule has 2 amide bonds. The molecule has 3 N–H and O–H groups in total. The summed E-state index contributed by atoms with van der Waals surface area (Å²) in [5.41, 5.74) is 6.69. The Morgan fingerprint density at radius 1 is 1.10 bits per heavy atom. The molecule has 1 aromatic heterocycles. The Morgan fingerprint density at radius 3 is 2.61 bits per heavy atom.